The Labute approximate surface area is 385 Å². The smallest absolute Gasteiger partial charge is 0.0620 e. The fraction of sp³-hybridized carbons (Fsp3) is 0.0938. The van der Waals surface area contributed by atoms with Gasteiger partial charge in [-0.3, -0.25) is 0 Å². The number of rotatable bonds is 5. The molecule has 0 amide bonds. The Morgan fingerprint density at radius 3 is 1.55 bits per heavy atom. The monoisotopic (exact) mass is 842 g/mol. The van der Waals surface area contributed by atoms with Crippen LogP contribution in [0.5, 0.6) is 0 Å². The van der Waals surface area contributed by atoms with Gasteiger partial charge in [0, 0.05) is 49.7 Å². The average Bonchev–Trinajstić information content (AvgIpc) is 3.90. The highest BCUT2D eigenvalue weighted by atomic mass is 15.1. The van der Waals surface area contributed by atoms with Crippen molar-refractivity contribution in [1.29, 1.82) is 0 Å². The van der Waals surface area contributed by atoms with E-state index >= 15 is 0 Å². The van der Waals surface area contributed by atoms with E-state index in [1.54, 1.807) is 0 Å². The highest BCUT2D eigenvalue weighted by molar-refractivity contribution is 6.32. The van der Waals surface area contributed by atoms with E-state index in [0.717, 1.165) is 17.1 Å². The van der Waals surface area contributed by atoms with E-state index in [1.165, 1.54) is 115 Å². The Morgan fingerprint density at radius 1 is 0.348 bits per heavy atom. The summed E-state index contributed by atoms with van der Waals surface area (Å²) in [5.74, 6) is 0. The van der Waals surface area contributed by atoms with Crippen molar-refractivity contribution < 1.29 is 0 Å². The molecule has 2 aliphatic carbocycles. The second-order valence-corrected chi connectivity index (χ2v) is 19.7. The van der Waals surface area contributed by atoms with Crippen molar-refractivity contribution in [3.05, 3.63) is 229 Å². The normalized spacial score (nSPS) is 14.3. The van der Waals surface area contributed by atoms with Gasteiger partial charge in [-0.25, -0.2) is 0 Å². The van der Waals surface area contributed by atoms with Crippen LogP contribution in [0.15, 0.2) is 206 Å². The number of para-hydroxylation sites is 2. The van der Waals surface area contributed by atoms with Crippen LogP contribution in [0.2, 0.25) is 0 Å². The summed E-state index contributed by atoms with van der Waals surface area (Å²) in [4.78, 5) is 2.48. The van der Waals surface area contributed by atoms with E-state index in [1.807, 2.05) is 0 Å². The molecule has 0 unspecified atom stereocenters. The Hall–Kier alpha value is -7.94. The number of hydrogen-bond donors (Lipinski definition) is 0. The fourth-order valence-corrected chi connectivity index (χ4v) is 12.3. The van der Waals surface area contributed by atoms with Crippen LogP contribution < -0.4 is 4.90 Å². The van der Waals surface area contributed by atoms with Gasteiger partial charge in [0.25, 0.3) is 0 Å². The molecule has 312 valence electrons. The molecule has 66 heavy (non-hydrogen) atoms. The van der Waals surface area contributed by atoms with E-state index in [4.69, 9.17) is 0 Å². The van der Waals surface area contributed by atoms with Gasteiger partial charge in [-0.05, 0) is 143 Å². The third-order valence-corrected chi connectivity index (χ3v) is 15.5. The number of hydrogen-bond acceptors (Lipinski definition) is 1. The first kappa shape index (κ1) is 37.4. The summed E-state index contributed by atoms with van der Waals surface area (Å²) in [6, 6.07) is 77.6. The van der Waals surface area contributed by atoms with Crippen LogP contribution in [-0.4, -0.2) is 4.57 Å². The minimum Gasteiger partial charge on any atom is -0.310 e. The summed E-state index contributed by atoms with van der Waals surface area (Å²) >= 11 is 0. The lowest BCUT2D eigenvalue weighted by molar-refractivity contribution is 0.660. The first-order valence-electron chi connectivity index (χ1n) is 23.3. The molecule has 1 aromatic heterocycles. The highest BCUT2D eigenvalue weighted by Crippen LogP contribution is 2.53. The number of anilines is 3. The first-order chi connectivity index (χ1) is 32.3. The van der Waals surface area contributed by atoms with Crippen LogP contribution in [0, 0.1) is 0 Å². The van der Waals surface area contributed by atoms with Gasteiger partial charge in [-0.2, -0.15) is 0 Å². The van der Waals surface area contributed by atoms with Crippen molar-refractivity contribution in [3.63, 3.8) is 0 Å². The minimum atomic E-state index is -0.113. The van der Waals surface area contributed by atoms with Crippen molar-refractivity contribution in [1.82, 2.24) is 4.57 Å². The molecule has 2 heteroatoms. The van der Waals surface area contributed by atoms with E-state index in [2.05, 4.69) is 243 Å². The molecule has 0 spiro atoms. The molecule has 0 fully saturated rings. The lowest BCUT2D eigenvalue weighted by Gasteiger charge is -2.30. The SMILES string of the molecule is CC1(C)c2ccccc2-c2ccc(N(c3ccc(-c4ccc5ccc6c7c(ccc4c57)cc4c5ccccc5n(-c5ccccc5)c46)cc3)c3ccc4c(c3)C(C)(C)c3ccccc3-4)cc21. The van der Waals surface area contributed by atoms with Gasteiger partial charge in [0.05, 0.1) is 11.0 Å². The van der Waals surface area contributed by atoms with Crippen molar-refractivity contribution in [2.24, 2.45) is 0 Å². The van der Waals surface area contributed by atoms with E-state index in [9.17, 15) is 0 Å². The quantitative estimate of drug-likeness (QED) is 0.157. The summed E-state index contributed by atoms with van der Waals surface area (Å²) in [6.45, 7) is 9.49. The number of benzene rings is 11. The van der Waals surface area contributed by atoms with Crippen LogP contribution in [-0.2, 0) is 10.8 Å². The summed E-state index contributed by atoms with van der Waals surface area (Å²) in [6.07, 6.45) is 0. The van der Waals surface area contributed by atoms with Gasteiger partial charge in [-0.15, -0.1) is 0 Å². The van der Waals surface area contributed by atoms with E-state index < -0.39 is 0 Å². The Morgan fingerprint density at radius 2 is 0.864 bits per heavy atom. The molecule has 1 heterocycles. The predicted octanol–water partition coefficient (Wildman–Crippen LogP) is 17.4. The van der Waals surface area contributed by atoms with E-state index in [-0.39, 0.29) is 10.8 Å². The molecule has 0 saturated heterocycles. The molecule has 14 rings (SSSR count). The third-order valence-electron chi connectivity index (χ3n) is 15.5. The largest absolute Gasteiger partial charge is 0.310 e. The average molecular weight is 843 g/mol. The fourth-order valence-electron chi connectivity index (χ4n) is 12.3. The molecule has 0 radical (unpaired) electrons. The Balaban J connectivity index is 0.936. The van der Waals surface area contributed by atoms with Gasteiger partial charge in [0.15, 0.2) is 0 Å². The maximum Gasteiger partial charge on any atom is 0.0620 e. The predicted molar refractivity (Wildman–Crippen MR) is 280 cm³/mol. The third kappa shape index (κ3) is 5.02. The number of fused-ring (bicyclic) bond motifs is 10. The van der Waals surface area contributed by atoms with Gasteiger partial charge in [0.2, 0.25) is 0 Å². The lowest BCUT2D eigenvalue weighted by atomic mass is 9.82. The maximum absolute atomic E-state index is 2.48. The molecule has 12 aromatic rings. The Kier molecular flexibility index (Phi) is 7.55. The summed E-state index contributed by atoms with van der Waals surface area (Å²) < 4.78 is 2.46. The number of aromatic nitrogens is 1. The zero-order valence-electron chi connectivity index (χ0n) is 37.5. The molecule has 2 nitrogen and oxygen atoms in total. The molecule has 0 N–H and O–H groups in total. The van der Waals surface area contributed by atoms with Crippen LogP contribution >= 0.6 is 0 Å². The van der Waals surface area contributed by atoms with Gasteiger partial charge in [0.1, 0.15) is 0 Å². The summed E-state index contributed by atoms with van der Waals surface area (Å²) in [5, 5.41) is 10.3. The van der Waals surface area contributed by atoms with Gasteiger partial charge < -0.3 is 9.47 Å². The zero-order chi connectivity index (χ0) is 44.1. The summed E-state index contributed by atoms with van der Waals surface area (Å²) in [5.41, 5.74) is 20.2. The van der Waals surface area contributed by atoms with Gasteiger partial charge in [-0.1, -0.05) is 173 Å². The highest BCUT2D eigenvalue weighted by Gasteiger charge is 2.38. The van der Waals surface area contributed by atoms with Crippen LogP contribution in [0.25, 0.3) is 93.2 Å². The standard InChI is InChI=1S/C64H46N2/c1-63(2)55-19-11-8-16-47(55)49-34-29-44(37-57(49)63)65(45-30-35-50-48-17-9-12-20-56(48)64(3,4)58(50)38-45)43-27-22-39(23-28-43)46-31-24-40-25-33-53-61-41(26-32-52(46)60(40)61)36-54-51-18-10-13-21-59(51)66(62(53)54)42-14-6-5-7-15-42/h5-38H,1-4H3. The minimum absolute atomic E-state index is 0.113. The number of nitrogens with zero attached hydrogens (tertiary/aromatic N) is 2. The zero-order valence-corrected chi connectivity index (χ0v) is 37.5. The molecule has 0 bridgehead atoms. The van der Waals surface area contributed by atoms with Crippen molar-refractivity contribution >= 4 is 71.2 Å². The van der Waals surface area contributed by atoms with Crippen LogP contribution in [0.4, 0.5) is 17.1 Å². The van der Waals surface area contributed by atoms with Crippen molar-refractivity contribution in [2.45, 2.75) is 38.5 Å². The molecule has 0 aliphatic heterocycles. The molecule has 0 saturated carbocycles. The molecule has 11 aromatic carbocycles. The molecular weight excluding hydrogens is 797 g/mol. The second-order valence-electron chi connectivity index (χ2n) is 19.7. The molecule has 0 atom stereocenters. The molecule has 2 aliphatic rings. The van der Waals surface area contributed by atoms with Crippen LogP contribution in [0.3, 0.4) is 0 Å². The van der Waals surface area contributed by atoms with Gasteiger partial charge >= 0.3 is 0 Å². The van der Waals surface area contributed by atoms with Crippen molar-refractivity contribution in [2.75, 3.05) is 4.90 Å². The maximum atomic E-state index is 2.48. The van der Waals surface area contributed by atoms with Crippen LogP contribution in [0.1, 0.15) is 49.9 Å². The second kappa shape index (κ2) is 13.3. The summed E-state index contributed by atoms with van der Waals surface area (Å²) in [7, 11) is 0. The molecular formula is C64H46N2. The Bertz CT molecular complexity index is 3870. The first-order valence-corrected chi connectivity index (χ1v) is 23.3. The van der Waals surface area contributed by atoms with Crippen molar-refractivity contribution in [3.8, 4) is 39.1 Å². The van der Waals surface area contributed by atoms with E-state index in [0.29, 0.717) is 0 Å². The topological polar surface area (TPSA) is 8.17 Å². The lowest BCUT2D eigenvalue weighted by Crippen LogP contribution is -2.18.